The summed E-state index contributed by atoms with van der Waals surface area (Å²) in [7, 11) is 0. The number of hydrogen-bond donors (Lipinski definition) is 1. The van der Waals surface area contributed by atoms with Crippen LogP contribution in [0.4, 0.5) is 0 Å². The zero-order valence-electron chi connectivity index (χ0n) is 13.9. The minimum absolute atomic E-state index is 0. The monoisotopic (exact) mass is 333 g/mol. The summed E-state index contributed by atoms with van der Waals surface area (Å²) in [5, 5.41) is 3.20. The molecule has 0 fully saturated rings. The molecule has 0 saturated heterocycles. The van der Waals surface area contributed by atoms with E-state index >= 15 is 0 Å². The van der Waals surface area contributed by atoms with Crippen LogP contribution in [0, 0.1) is 18.8 Å². The third-order valence-corrected chi connectivity index (χ3v) is 3.31. The van der Waals surface area contributed by atoms with E-state index in [1.54, 1.807) is 6.26 Å². The third kappa shape index (κ3) is 6.40. The van der Waals surface area contributed by atoms with Crippen LogP contribution in [0.2, 0.25) is 0 Å². The van der Waals surface area contributed by atoms with Crippen LogP contribution in [0.5, 0.6) is 5.75 Å². The van der Waals surface area contributed by atoms with Gasteiger partial charge in [0.2, 0.25) is 0 Å². The molecule has 0 aliphatic heterocycles. The van der Waals surface area contributed by atoms with Crippen molar-refractivity contribution in [3.63, 3.8) is 0 Å². The van der Waals surface area contributed by atoms with E-state index in [0.29, 0.717) is 25.6 Å². The summed E-state index contributed by atoms with van der Waals surface area (Å²) in [5.41, 5.74) is 2.43. The van der Waals surface area contributed by atoms with Gasteiger partial charge in [-0.15, -0.1) is 12.4 Å². The molecule has 3 nitrogen and oxygen atoms in total. The second-order valence-electron chi connectivity index (χ2n) is 5.52. The fraction of sp³-hybridized carbons (Fsp3) is 0.368. The minimum atomic E-state index is 0. The Bertz CT molecular complexity index is 639. The fourth-order valence-electron chi connectivity index (χ4n) is 2.13. The van der Waals surface area contributed by atoms with Gasteiger partial charge in [0.1, 0.15) is 18.1 Å². The Morgan fingerprint density at radius 2 is 2.04 bits per heavy atom. The van der Waals surface area contributed by atoms with Gasteiger partial charge in [-0.2, -0.15) is 0 Å². The van der Waals surface area contributed by atoms with Gasteiger partial charge in [0.05, 0.1) is 19.4 Å². The standard InChI is InChI=1S/C19H23NO2.ClH/c1-15(2)18-9-8-16(3)13-19(18)22-11-5-4-10-20-14-17-7-6-12-21-17;/h6-9,12-13,15,20H,10-11,14H2,1-3H3;1H. The van der Waals surface area contributed by atoms with Gasteiger partial charge in [-0.05, 0) is 42.2 Å². The molecule has 1 heterocycles. The first-order valence-corrected chi connectivity index (χ1v) is 7.59. The van der Waals surface area contributed by atoms with Crippen LogP contribution in [0.15, 0.2) is 41.0 Å². The van der Waals surface area contributed by atoms with Crippen molar-refractivity contribution in [2.75, 3.05) is 13.2 Å². The predicted octanol–water partition coefficient (Wildman–Crippen LogP) is 4.31. The molecule has 0 aliphatic rings. The average molecular weight is 334 g/mol. The SMILES string of the molecule is Cc1ccc(C(C)C)c(OCC#CCNCc2ccco2)c1.Cl. The van der Waals surface area contributed by atoms with Crippen LogP contribution < -0.4 is 10.1 Å². The predicted molar refractivity (Wildman–Crippen MR) is 96.2 cm³/mol. The van der Waals surface area contributed by atoms with Crippen LogP contribution in [-0.2, 0) is 6.54 Å². The van der Waals surface area contributed by atoms with Crippen molar-refractivity contribution >= 4 is 12.4 Å². The first-order valence-electron chi connectivity index (χ1n) is 7.59. The van der Waals surface area contributed by atoms with Gasteiger partial charge >= 0.3 is 0 Å². The van der Waals surface area contributed by atoms with Crippen LogP contribution in [0.25, 0.3) is 0 Å². The Morgan fingerprint density at radius 3 is 2.74 bits per heavy atom. The van der Waals surface area contributed by atoms with Crippen LogP contribution in [0.3, 0.4) is 0 Å². The second-order valence-corrected chi connectivity index (χ2v) is 5.52. The first-order chi connectivity index (χ1) is 10.7. The summed E-state index contributed by atoms with van der Waals surface area (Å²) in [6.45, 7) is 8.13. The number of aryl methyl sites for hydroxylation is 1. The molecule has 1 aromatic heterocycles. The Hall–Kier alpha value is -1.89. The number of nitrogens with one attached hydrogen (secondary N) is 1. The highest BCUT2D eigenvalue weighted by Crippen LogP contribution is 2.27. The van der Waals surface area contributed by atoms with Gasteiger partial charge in [-0.25, -0.2) is 0 Å². The van der Waals surface area contributed by atoms with Gasteiger partial charge in [-0.1, -0.05) is 37.8 Å². The number of halogens is 1. The number of benzene rings is 1. The van der Waals surface area contributed by atoms with Crippen molar-refractivity contribution in [1.29, 1.82) is 0 Å². The van der Waals surface area contributed by atoms with E-state index in [1.165, 1.54) is 11.1 Å². The minimum Gasteiger partial charge on any atom is -0.481 e. The summed E-state index contributed by atoms with van der Waals surface area (Å²) in [5.74, 6) is 8.38. The molecule has 0 amide bonds. The van der Waals surface area contributed by atoms with E-state index in [-0.39, 0.29) is 12.4 Å². The molecule has 0 spiro atoms. The van der Waals surface area contributed by atoms with Crippen molar-refractivity contribution in [3.8, 4) is 17.6 Å². The highest BCUT2D eigenvalue weighted by Gasteiger charge is 2.07. The average Bonchev–Trinajstić information content (AvgIpc) is 2.99. The van der Waals surface area contributed by atoms with E-state index in [4.69, 9.17) is 9.15 Å². The summed E-state index contributed by atoms with van der Waals surface area (Å²) in [6, 6.07) is 10.1. The molecule has 0 bridgehead atoms. The third-order valence-electron chi connectivity index (χ3n) is 3.31. The second kappa shape index (κ2) is 9.99. The van der Waals surface area contributed by atoms with Gasteiger partial charge in [0, 0.05) is 0 Å². The number of furan rings is 1. The van der Waals surface area contributed by atoms with Crippen molar-refractivity contribution in [2.45, 2.75) is 33.2 Å². The highest BCUT2D eigenvalue weighted by atomic mass is 35.5. The molecular weight excluding hydrogens is 310 g/mol. The van der Waals surface area contributed by atoms with Crippen molar-refractivity contribution < 1.29 is 9.15 Å². The van der Waals surface area contributed by atoms with Crippen LogP contribution >= 0.6 is 12.4 Å². The van der Waals surface area contributed by atoms with E-state index in [0.717, 1.165) is 11.5 Å². The quantitative estimate of drug-likeness (QED) is 0.632. The van der Waals surface area contributed by atoms with Gasteiger partial charge < -0.3 is 9.15 Å². The maximum absolute atomic E-state index is 5.81. The lowest BCUT2D eigenvalue weighted by atomic mass is 10.0. The van der Waals surface area contributed by atoms with Crippen molar-refractivity contribution in [1.82, 2.24) is 5.32 Å². The lowest BCUT2D eigenvalue weighted by molar-refractivity contribution is 0.364. The fourth-order valence-corrected chi connectivity index (χ4v) is 2.13. The molecule has 1 N–H and O–H groups in total. The molecule has 1 aromatic carbocycles. The maximum Gasteiger partial charge on any atom is 0.149 e. The Morgan fingerprint density at radius 1 is 1.22 bits per heavy atom. The molecule has 0 atom stereocenters. The lowest BCUT2D eigenvalue weighted by Gasteiger charge is -2.13. The van der Waals surface area contributed by atoms with E-state index < -0.39 is 0 Å². The molecule has 124 valence electrons. The lowest BCUT2D eigenvalue weighted by Crippen LogP contribution is -2.12. The zero-order valence-corrected chi connectivity index (χ0v) is 14.7. The number of hydrogen-bond acceptors (Lipinski definition) is 3. The Labute approximate surface area is 144 Å². The summed E-state index contributed by atoms with van der Waals surface area (Å²) in [6.07, 6.45) is 1.67. The molecule has 0 unspecified atom stereocenters. The van der Waals surface area contributed by atoms with Crippen molar-refractivity contribution in [2.24, 2.45) is 0 Å². The van der Waals surface area contributed by atoms with Crippen LogP contribution in [0.1, 0.15) is 36.7 Å². The number of rotatable bonds is 6. The highest BCUT2D eigenvalue weighted by molar-refractivity contribution is 5.85. The maximum atomic E-state index is 5.81. The van der Waals surface area contributed by atoms with E-state index in [9.17, 15) is 0 Å². The smallest absolute Gasteiger partial charge is 0.149 e. The summed E-state index contributed by atoms with van der Waals surface area (Å²) >= 11 is 0. The van der Waals surface area contributed by atoms with E-state index in [1.807, 2.05) is 12.1 Å². The molecule has 23 heavy (non-hydrogen) atoms. The van der Waals surface area contributed by atoms with Gasteiger partial charge in [0.25, 0.3) is 0 Å². The van der Waals surface area contributed by atoms with Crippen LogP contribution in [-0.4, -0.2) is 13.2 Å². The van der Waals surface area contributed by atoms with Crippen molar-refractivity contribution in [3.05, 3.63) is 53.5 Å². The molecule has 0 aliphatic carbocycles. The zero-order chi connectivity index (χ0) is 15.8. The molecule has 2 aromatic rings. The van der Waals surface area contributed by atoms with Gasteiger partial charge in [0.15, 0.2) is 0 Å². The Kier molecular flexibility index (Phi) is 8.32. The number of ether oxygens (including phenoxy) is 1. The molecular formula is C19H24ClNO2. The summed E-state index contributed by atoms with van der Waals surface area (Å²) in [4.78, 5) is 0. The molecule has 0 radical (unpaired) electrons. The normalized spacial score (nSPS) is 9.91. The largest absolute Gasteiger partial charge is 0.481 e. The molecule has 2 rings (SSSR count). The molecule has 4 heteroatoms. The summed E-state index contributed by atoms with van der Waals surface area (Å²) < 4.78 is 11.0. The first kappa shape index (κ1) is 19.2. The molecule has 0 saturated carbocycles. The van der Waals surface area contributed by atoms with Gasteiger partial charge in [-0.3, -0.25) is 5.32 Å². The Balaban J connectivity index is 0.00000264. The van der Waals surface area contributed by atoms with E-state index in [2.05, 4.69) is 56.1 Å². The topological polar surface area (TPSA) is 34.4 Å².